The van der Waals surface area contributed by atoms with Gasteiger partial charge in [0.25, 0.3) is 0 Å². The first-order valence-corrected chi connectivity index (χ1v) is 8.57. The van der Waals surface area contributed by atoms with Crippen molar-refractivity contribution in [3.8, 4) is 11.5 Å². The number of carboxylic acids is 1. The Morgan fingerprint density at radius 2 is 1.56 bits per heavy atom. The average molecular weight is 379 g/mol. The van der Waals surface area contributed by atoms with Gasteiger partial charge in [-0.2, -0.15) is 0 Å². The van der Waals surface area contributed by atoms with E-state index in [1.54, 1.807) is 48.5 Å². The first kappa shape index (κ1) is 19.0. The molecule has 2 aromatic carbocycles. The maximum Gasteiger partial charge on any atom is 0.317 e. The van der Waals surface area contributed by atoms with Crippen molar-refractivity contribution in [3.05, 3.63) is 59.1 Å². The molecule has 0 amide bonds. The third-order valence-electron chi connectivity index (χ3n) is 3.18. The first-order valence-electron chi connectivity index (χ1n) is 7.32. The van der Waals surface area contributed by atoms with Crippen molar-refractivity contribution in [1.82, 2.24) is 0 Å². The highest BCUT2D eigenvalue weighted by atomic mass is 35.5. The first-order chi connectivity index (χ1) is 11.8. The number of benzene rings is 2. The molecule has 0 aromatic heterocycles. The van der Waals surface area contributed by atoms with Crippen LogP contribution < -0.4 is 4.74 Å². The molecule has 5 nitrogen and oxygen atoms in total. The van der Waals surface area contributed by atoms with E-state index in [1.165, 1.54) is 6.92 Å². The molecule has 1 atom stereocenters. The lowest BCUT2D eigenvalue weighted by Crippen LogP contribution is -2.21. The topological polar surface area (TPSA) is 80.7 Å². The second-order valence-corrected chi connectivity index (χ2v) is 6.96. The van der Waals surface area contributed by atoms with Gasteiger partial charge in [0, 0.05) is 23.9 Å². The summed E-state index contributed by atoms with van der Waals surface area (Å²) in [5, 5.41) is 8.26. The lowest BCUT2D eigenvalue weighted by atomic mass is 10.1. The van der Waals surface area contributed by atoms with E-state index in [2.05, 4.69) is 0 Å². The number of carboxylic acid groups (broad SMARTS) is 1. The van der Waals surface area contributed by atoms with E-state index in [9.17, 15) is 14.4 Å². The molecule has 0 bridgehead atoms. The molecule has 0 spiro atoms. The molecule has 130 valence electrons. The summed E-state index contributed by atoms with van der Waals surface area (Å²) in [5.41, 5.74) is 0.360. The summed E-state index contributed by atoms with van der Waals surface area (Å²) < 4.78 is 5.63. The van der Waals surface area contributed by atoms with Crippen LogP contribution in [-0.2, 0) is 9.59 Å². The van der Waals surface area contributed by atoms with E-state index in [0.717, 1.165) is 0 Å². The van der Waals surface area contributed by atoms with Crippen LogP contribution in [0.3, 0.4) is 0 Å². The van der Waals surface area contributed by atoms with Gasteiger partial charge in [-0.3, -0.25) is 14.4 Å². The van der Waals surface area contributed by atoms with Crippen molar-refractivity contribution in [2.45, 2.75) is 18.6 Å². The average Bonchev–Trinajstić information content (AvgIpc) is 2.56. The largest absolute Gasteiger partial charge is 0.480 e. The summed E-state index contributed by atoms with van der Waals surface area (Å²) in [6.07, 6.45) is -0.253. The van der Waals surface area contributed by atoms with Gasteiger partial charge in [0.2, 0.25) is 0 Å². The molecule has 7 heteroatoms. The maximum atomic E-state index is 12.2. The molecule has 0 fully saturated rings. The van der Waals surface area contributed by atoms with Gasteiger partial charge in [0.05, 0.1) is 0 Å². The Labute approximate surface area is 153 Å². The fourth-order valence-corrected chi connectivity index (χ4v) is 2.88. The summed E-state index contributed by atoms with van der Waals surface area (Å²) in [6.45, 7) is 1.27. The Morgan fingerprint density at radius 1 is 1.04 bits per heavy atom. The molecule has 0 saturated carbocycles. The van der Waals surface area contributed by atoms with Crippen LogP contribution in [-0.4, -0.2) is 27.2 Å². The van der Waals surface area contributed by atoms with E-state index in [1.807, 2.05) is 0 Å². The number of hydrogen-bond acceptors (Lipinski definition) is 5. The van der Waals surface area contributed by atoms with Crippen LogP contribution in [0.5, 0.6) is 11.5 Å². The zero-order chi connectivity index (χ0) is 18.4. The second-order valence-electron chi connectivity index (χ2n) is 5.14. The van der Waals surface area contributed by atoms with Crippen molar-refractivity contribution in [2.24, 2.45) is 0 Å². The van der Waals surface area contributed by atoms with Crippen molar-refractivity contribution >= 4 is 40.2 Å². The highest BCUT2D eigenvalue weighted by molar-refractivity contribution is 8.14. The van der Waals surface area contributed by atoms with E-state index in [4.69, 9.17) is 21.4 Å². The number of hydrogen-bond donors (Lipinski definition) is 1. The molecule has 0 aliphatic rings. The molecule has 1 N–H and O–H groups in total. The smallest absolute Gasteiger partial charge is 0.317 e. The molecule has 0 saturated heterocycles. The van der Waals surface area contributed by atoms with Gasteiger partial charge < -0.3 is 9.84 Å². The summed E-state index contributed by atoms with van der Waals surface area (Å²) in [5.74, 6) is -0.394. The number of rotatable bonds is 7. The minimum atomic E-state index is -1.18. The van der Waals surface area contributed by atoms with E-state index in [0.29, 0.717) is 33.8 Å². The van der Waals surface area contributed by atoms with Gasteiger partial charge in [-0.05, 0) is 48.5 Å². The molecule has 0 aliphatic carbocycles. The lowest BCUT2D eigenvalue weighted by molar-refractivity contribution is -0.136. The number of thioether (sulfide) groups is 1. The summed E-state index contributed by atoms with van der Waals surface area (Å²) in [7, 11) is 0. The van der Waals surface area contributed by atoms with E-state index >= 15 is 0 Å². The molecule has 0 heterocycles. The quantitative estimate of drug-likeness (QED) is 0.717. The number of carbonyl (C=O) groups is 3. The number of ketones is 1. The molecular weight excluding hydrogens is 364 g/mol. The minimum absolute atomic E-state index is 0.253. The number of ether oxygens (including phenoxy) is 1. The van der Waals surface area contributed by atoms with Crippen LogP contribution in [0.25, 0.3) is 0 Å². The fraction of sp³-hybridized carbons (Fsp3) is 0.167. The molecule has 2 aromatic rings. The van der Waals surface area contributed by atoms with Crippen LogP contribution >= 0.6 is 23.4 Å². The number of aliphatic carboxylic acids is 1. The predicted octanol–water partition coefficient (Wildman–Crippen LogP) is 4.44. The van der Waals surface area contributed by atoms with Gasteiger partial charge >= 0.3 is 5.97 Å². The number of Topliss-reactive ketones (excluding diaryl/α,β-unsaturated/α-hetero) is 1. The van der Waals surface area contributed by atoms with Crippen LogP contribution in [0.1, 0.15) is 23.7 Å². The van der Waals surface area contributed by atoms with Crippen LogP contribution in [0, 0.1) is 0 Å². The molecule has 2 rings (SSSR count). The zero-order valence-corrected chi connectivity index (χ0v) is 14.8. The monoisotopic (exact) mass is 378 g/mol. The van der Waals surface area contributed by atoms with Crippen molar-refractivity contribution in [3.63, 3.8) is 0 Å². The zero-order valence-electron chi connectivity index (χ0n) is 13.3. The van der Waals surface area contributed by atoms with Crippen LogP contribution in [0.2, 0.25) is 5.02 Å². The van der Waals surface area contributed by atoms with Gasteiger partial charge in [-0.15, -0.1) is 0 Å². The Balaban J connectivity index is 2.02. The van der Waals surface area contributed by atoms with E-state index < -0.39 is 11.2 Å². The summed E-state index contributed by atoms with van der Waals surface area (Å²) >= 11 is 6.45. The SMILES string of the molecule is CC(=O)SC(CC(=O)c1ccc(Oc2ccc(Cl)cc2)cc1)C(=O)O. The summed E-state index contributed by atoms with van der Waals surface area (Å²) in [4.78, 5) is 34.4. The maximum absolute atomic E-state index is 12.2. The Hall–Kier alpha value is -2.31. The third-order valence-corrected chi connectivity index (χ3v) is 4.42. The second kappa shape index (κ2) is 8.69. The van der Waals surface area contributed by atoms with Gasteiger partial charge in [0.1, 0.15) is 16.7 Å². The standard InChI is InChI=1S/C18H15ClO5S/c1-11(20)25-17(18(22)23)10-16(21)12-2-6-14(7-3-12)24-15-8-4-13(19)5-9-15/h2-9,17H,10H2,1H3,(H,22,23). The minimum Gasteiger partial charge on any atom is -0.480 e. The Morgan fingerprint density at radius 3 is 2.04 bits per heavy atom. The van der Waals surface area contributed by atoms with E-state index in [-0.39, 0.29) is 17.3 Å². The van der Waals surface area contributed by atoms with Crippen LogP contribution in [0.15, 0.2) is 48.5 Å². The third kappa shape index (κ3) is 5.92. The van der Waals surface area contributed by atoms with Crippen molar-refractivity contribution in [2.75, 3.05) is 0 Å². The Kier molecular flexibility index (Phi) is 6.61. The van der Waals surface area contributed by atoms with Gasteiger partial charge in [-0.1, -0.05) is 23.4 Å². The highest BCUT2D eigenvalue weighted by Gasteiger charge is 2.24. The normalized spacial score (nSPS) is 11.6. The molecule has 0 aliphatic heterocycles. The van der Waals surface area contributed by atoms with Gasteiger partial charge in [-0.25, -0.2) is 0 Å². The molecule has 1 unspecified atom stereocenters. The summed E-state index contributed by atoms with van der Waals surface area (Å²) in [6, 6.07) is 13.2. The van der Waals surface area contributed by atoms with Crippen molar-refractivity contribution in [1.29, 1.82) is 0 Å². The molecule has 25 heavy (non-hydrogen) atoms. The highest BCUT2D eigenvalue weighted by Crippen LogP contribution is 2.24. The van der Waals surface area contributed by atoms with Gasteiger partial charge in [0.15, 0.2) is 10.9 Å². The predicted molar refractivity (Wildman–Crippen MR) is 96.6 cm³/mol. The fourth-order valence-electron chi connectivity index (χ4n) is 2.01. The Bertz CT molecular complexity index is 771. The lowest BCUT2D eigenvalue weighted by Gasteiger charge is -2.10. The van der Waals surface area contributed by atoms with Crippen LogP contribution in [0.4, 0.5) is 0 Å². The molecule has 0 radical (unpaired) electrons. The van der Waals surface area contributed by atoms with Crippen molar-refractivity contribution < 1.29 is 24.2 Å². The number of halogens is 1. The molecular formula is C18H15ClO5S. The number of carbonyl (C=O) groups excluding carboxylic acids is 2.